The molecule has 0 N–H and O–H groups in total. The van der Waals surface area contributed by atoms with Crippen LogP contribution in [0.1, 0.15) is 107 Å². The summed E-state index contributed by atoms with van der Waals surface area (Å²) < 4.78 is 0. The fourth-order valence-electron chi connectivity index (χ4n) is 4.75. The molecule has 0 aliphatic carbocycles. The summed E-state index contributed by atoms with van der Waals surface area (Å²) in [5, 5.41) is 0. The van der Waals surface area contributed by atoms with Crippen molar-refractivity contribution in [2.24, 2.45) is 28.6 Å². The highest BCUT2D eigenvalue weighted by molar-refractivity contribution is 4.95. The van der Waals surface area contributed by atoms with Gasteiger partial charge in [-0.3, -0.25) is 0 Å². The first-order valence-corrected chi connectivity index (χ1v) is 9.70. The van der Waals surface area contributed by atoms with Gasteiger partial charge in [-0.25, -0.2) is 0 Å². The summed E-state index contributed by atoms with van der Waals surface area (Å²) in [5.74, 6) is 2.39. The van der Waals surface area contributed by atoms with E-state index in [0.29, 0.717) is 10.8 Å². The summed E-state index contributed by atoms with van der Waals surface area (Å²) in [6, 6.07) is 0. The van der Waals surface area contributed by atoms with E-state index >= 15 is 0 Å². The average Bonchev–Trinajstić information content (AvgIpc) is 2.42. The van der Waals surface area contributed by atoms with E-state index in [9.17, 15) is 0 Å². The van der Waals surface area contributed by atoms with Crippen molar-refractivity contribution in [1.29, 1.82) is 0 Å². The molecule has 0 saturated heterocycles. The van der Waals surface area contributed by atoms with Crippen molar-refractivity contribution in [3.63, 3.8) is 0 Å². The van der Waals surface area contributed by atoms with Gasteiger partial charge in [0.25, 0.3) is 0 Å². The zero-order valence-electron chi connectivity index (χ0n) is 16.7. The predicted octanol–water partition coefficient (Wildman–Crippen LogP) is 7.72. The third-order valence-corrected chi connectivity index (χ3v) is 6.47. The second-order valence-electron chi connectivity index (χ2n) is 8.57. The average molecular weight is 297 g/mol. The minimum atomic E-state index is 0.502. The summed E-state index contributed by atoms with van der Waals surface area (Å²) >= 11 is 0. The van der Waals surface area contributed by atoms with E-state index in [0.717, 1.165) is 17.8 Å². The molecule has 0 spiro atoms. The fourth-order valence-corrected chi connectivity index (χ4v) is 4.75. The molecular formula is C21H44. The molecule has 0 fully saturated rings. The Bertz CT molecular complexity index is 265. The van der Waals surface area contributed by atoms with E-state index in [2.05, 4.69) is 62.3 Å². The highest BCUT2D eigenvalue weighted by Gasteiger charge is 2.46. The van der Waals surface area contributed by atoms with Gasteiger partial charge in [-0.1, -0.05) is 88.0 Å². The van der Waals surface area contributed by atoms with Crippen LogP contribution in [0.25, 0.3) is 0 Å². The summed E-state index contributed by atoms with van der Waals surface area (Å²) in [5.41, 5.74) is 1.02. The summed E-state index contributed by atoms with van der Waals surface area (Å²) in [6.45, 7) is 22.0. The second-order valence-corrected chi connectivity index (χ2v) is 8.57. The largest absolute Gasteiger partial charge is 0.0654 e. The first kappa shape index (κ1) is 21.0. The Morgan fingerprint density at radius 2 is 1.38 bits per heavy atom. The third kappa shape index (κ3) is 5.29. The van der Waals surface area contributed by atoms with Gasteiger partial charge < -0.3 is 0 Å². The lowest BCUT2D eigenvalue weighted by Crippen LogP contribution is -2.44. The van der Waals surface area contributed by atoms with Crippen molar-refractivity contribution in [3.8, 4) is 0 Å². The molecule has 128 valence electrons. The first-order chi connectivity index (χ1) is 9.70. The second kappa shape index (κ2) is 9.21. The third-order valence-electron chi connectivity index (χ3n) is 6.47. The molecule has 0 rings (SSSR count). The molecule has 0 heteroatoms. The van der Waals surface area contributed by atoms with Crippen molar-refractivity contribution in [3.05, 3.63) is 0 Å². The van der Waals surface area contributed by atoms with Crippen LogP contribution in [-0.2, 0) is 0 Å². The highest BCUT2D eigenvalue weighted by Crippen LogP contribution is 2.54. The lowest BCUT2D eigenvalue weighted by Gasteiger charge is -2.52. The van der Waals surface area contributed by atoms with Crippen LogP contribution in [0.15, 0.2) is 0 Å². The van der Waals surface area contributed by atoms with Crippen molar-refractivity contribution in [2.45, 2.75) is 107 Å². The van der Waals surface area contributed by atoms with Crippen LogP contribution in [0.5, 0.6) is 0 Å². The monoisotopic (exact) mass is 296 g/mol. The van der Waals surface area contributed by atoms with Gasteiger partial charge in [0, 0.05) is 0 Å². The molecule has 0 nitrogen and oxygen atoms in total. The van der Waals surface area contributed by atoms with E-state index in [1.54, 1.807) is 0 Å². The summed E-state index contributed by atoms with van der Waals surface area (Å²) in [4.78, 5) is 0. The number of hydrogen-bond acceptors (Lipinski definition) is 0. The molecule has 0 aromatic carbocycles. The fraction of sp³-hybridized carbons (Fsp3) is 1.00. The van der Waals surface area contributed by atoms with Gasteiger partial charge in [-0.05, 0) is 47.8 Å². The Balaban J connectivity index is 5.60. The highest BCUT2D eigenvalue weighted by atomic mass is 14.5. The topological polar surface area (TPSA) is 0 Å². The van der Waals surface area contributed by atoms with Crippen molar-refractivity contribution in [1.82, 2.24) is 0 Å². The van der Waals surface area contributed by atoms with E-state index in [4.69, 9.17) is 0 Å². The van der Waals surface area contributed by atoms with Gasteiger partial charge >= 0.3 is 0 Å². The molecule has 3 unspecified atom stereocenters. The molecular weight excluding hydrogens is 252 g/mol. The molecule has 0 bridgehead atoms. The molecule has 3 atom stereocenters. The van der Waals surface area contributed by atoms with Crippen LogP contribution in [0.2, 0.25) is 0 Å². The molecule has 0 saturated carbocycles. The maximum absolute atomic E-state index is 2.58. The number of rotatable bonds is 11. The Morgan fingerprint density at radius 3 is 1.71 bits per heavy atom. The van der Waals surface area contributed by atoms with Crippen LogP contribution < -0.4 is 0 Å². The van der Waals surface area contributed by atoms with Crippen LogP contribution in [0, 0.1) is 28.6 Å². The lowest BCUT2D eigenvalue weighted by atomic mass is 9.53. The van der Waals surface area contributed by atoms with E-state index in [-0.39, 0.29) is 0 Å². The molecule has 0 heterocycles. The standard InChI is InChI=1S/C21H44/c1-10-13-15-21(18(6)7,16-17(4)5)19(8)20(9,12-3)14-11-2/h17-19H,10-16H2,1-9H3. The maximum atomic E-state index is 2.58. The minimum absolute atomic E-state index is 0.502. The molecule has 0 aromatic rings. The van der Waals surface area contributed by atoms with Crippen molar-refractivity contribution in [2.75, 3.05) is 0 Å². The van der Waals surface area contributed by atoms with Gasteiger partial charge in [0.2, 0.25) is 0 Å². The van der Waals surface area contributed by atoms with E-state index in [1.807, 2.05) is 0 Å². The van der Waals surface area contributed by atoms with Gasteiger partial charge in [-0.2, -0.15) is 0 Å². The van der Waals surface area contributed by atoms with Gasteiger partial charge in [0.1, 0.15) is 0 Å². The Morgan fingerprint density at radius 1 is 0.810 bits per heavy atom. The maximum Gasteiger partial charge on any atom is -0.0241 e. The van der Waals surface area contributed by atoms with Gasteiger partial charge in [-0.15, -0.1) is 0 Å². The minimum Gasteiger partial charge on any atom is -0.0654 e. The van der Waals surface area contributed by atoms with Crippen LogP contribution in [-0.4, -0.2) is 0 Å². The van der Waals surface area contributed by atoms with Gasteiger partial charge in [0.05, 0.1) is 0 Å². The number of unbranched alkanes of at least 4 members (excludes halogenated alkanes) is 1. The molecule has 0 radical (unpaired) electrons. The zero-order chi connectivity index (χ0) is 16.7. The summed E-state index contributed by atoms with van der Waals surface area (Å²) in [7, 11) is 0. The van der Waals surface area contributed by atoms with Crippen molar-refractivity contribution < 1.29 is 0 Å². The Hall–Kier alpha value is 0. The van der Waals surface area contributed by atoms with E-state index in [1.165, 1.54) is 44.9 Å². The van der Waals surface area contributed by atoms with Crippen LogP contribution >= 0.6 is 0 Å². The molecule has 0 aliphatic rings. The smallest absolute Gasteiger partial charge is 0.0241 e. The quantitative estimate of drug-likeness (QED) is 0.366. The van der Waals surface area contributed by atoms with Crippen LogP contribution in [0.3, 0.4) is 0 Å². The van der Waals surface area contributed by atoms with E-state index < -0.39 is 0 Å². The molecule has 0 aromatic heterocycles. The Labute approximate surface area is 136 Å². The first-order valence-electron chi connectivity index (χ1n) is 9.70. The SMILES string of the molecule is CCCCC(CC(C)C)(C(C)C)C(C)C(C)(CC)CCC. The zero-order valence-corrected chi connectivity index (χ0v) is 16.7. The number of hydrogen-bond donors (Lipinski definition) is 0. The van der Waals surface area contributed by atoms with Crippen LogP contribution in [0.4, 0.5) is 0 Å². The Kier molecular flexibility index (Phi) is 9.21. The molecule has 0 amide bonds. The lowest BCUT2D eigenvalue weighted by molar-refractivity contribution is -0.0265. The van der Waals surface area contributed by atoms with Crippen molar-refractivity contribution >= 4 is 0 Å². The normalized spacial score (nSPS) is 19.6. The molecule has 0 aliphatic heterocycles. The summed E-state index contributed by atoms with van der Waals surface area (Å²) in [6.07, 6.45) is 9.55. The molecule has 21 heavy (non-hydrogen) atoms. The van der Waals surface area contributed by atoms with Gasteiger partial charge in [0.15, 0.2) is 0 Å². The predicted molar refractivity (Wildman–Crippen MR) is 98.7 cm³/mol.